The lowest BCUT2D eigenvalue weighted by molar-refractivity contribution is 0.370. The standard InChI is InChI=1S/C14H29NO2S/c1-3-15-14-10-6-5-8-13(12-14)9-7-11-18(16,17)4-2/h13-15H,3-12H2,1-2H3. The lowest BCUT2D eigenvalue weighted by Crippen LogP contribution is -2.29. The highest BCUT2D eigenvalue weighted by Gasteiger charge is 2.19. The first-order valence-electron chi connectivity index (χ1n) is 7.51. The first-order valence-corrected chi connectivity index (χ1v) is 9.33. The van der Waals surface area contributed by atoms with E-state index in [2.05, 4.69) is 12.2 Å². The Morgan fingerprint density at radius 2 is 1.89 bits per heavy atom. The van der Waals surface area contributed by atoms with Crippen molar-refractivity contribution in [3.8, 4) is 0 Å². The van der Waals surface area contributed by atoms with Crippen molar-refractivity contribution in [2.45, 2.75) is 64.8 Å². The summed E-state index contributed by atoms with van der Waals surface area (Å²) in [5, 5.41) is 3.55. The van der Waals surface area contributed by atoms with Crippen LogP contribution in [0.15, 0.2) is 0 Å². The van der Waals surface area contributed by atoms with Gasteiger partial charge in [-0.15, -0.1) is 0 Å². The van der Waals surface area contributed by atoms with Gasteiger partial charge >= 0.3 is 0 Å². The van der Waals surface area contributed by atoms with Crippen molar-refractivity contribution < 1.29 is 8.42 Å². The Kier molecular flexibility index (Phi) is 7.23. The zero-order valence-electron chi connectivity index (χ0n) is 12.0. The summed E-state index contributed by atoms with van der Waals surface area (Å²) in [6.07, 6.45) is 8.38. The van der Waals surface area contributed by atoms with Crippen LogP contribution in [0.1, 0.15) is 58.8 Å². The predicted molar refractivity (Wildman–Crippen MR) is 77.6 cm³/mol. The number of rotatable bonds is 7. The molecule has 18 heavy (non-hydrogen) atoms. The summed E-state index contributed by atoms with van der Waals surface area (Å²) in [5.41, 5.74) is 0. The first kappa shape index (κ1) is 16.0. The van der Waals surface area contributed by atoms with E-state index < -0.39 is 9.84 Å². The predicted octanol–water partition coefficient (Wildman–Crippen LogP) is 2.76. The highest BCUT2D eigenvalue weighted by Crippen LogP contribution is 2.27. The highest BCUT2D eigenvalue weighted by atomic mass is 32.2. The van der Waals surface area contributed by atoms with Gasteiger partial charge in [0.15, 0.2) is 0 Å². The fraction of sp³-hybridized carbons (Fsp3) is 1.00. The van der Waals surface area contributed by atoms with E-state index in [1.807, 2.05) is 0 Å². The van der Waals surface area contributed by atoms with Crippen molar-refractivity contribution in [3.63, 3.8) is 0 Å². The van der Waals surface area contributed by atoms with Gasteiger partial charge in [0.05, 0.1) is 5.75 Å². The van der Waals surface area contributed by atoms with E-state index in [-0.39, 0.29) is 5.75 Å². The maximum Gasteiger partial charge on any atom is 0.150 e. The van der Waals surface area contributed by atoms with E-state index >= 15 is 0 Å². The van der Waals surface area contributed by atoms with Crippen molar-refractivity contribution in [1.82, 2.24) is 5.32 Å². The average Bonchev–Trinajstić information content (AvgIpc) is 2.55. The van der Waals surface area contributed by atoms with Crippen LogP contribution in [0.25, 0.3) is 0 Å². The smallest absolute Gasteiger partial charge is 0.150 e. The molecule has 1 rings (SSSR count). The molecule has 1 saturated carbocycles. The molecule has 0 aromatic heterocycles. The summed E-state index contributed by atoms with van der Waals surface area (Å²) in [7, 11) is -2.77. The van der Waals surface area contributed by atoms with Gasteiger partial charge in [-0.2, -0.15) is 0 Å². The molecule has 1 aliphatic carbocycles. The van der Waals surface area contributed by atoms with Crippen LogP contribution >= 0.6 is 0 Å². The minimum absolute atomic E-state index is 0.289. The maximum atomic E-state index is 11.5. The fourth-order valence-electron chi connectivity index (χ4n) is 2.93. The molecular formula is C14H29NO2S. The van der Waals surface area contributed by atoms with Crippen LogP contribution in [0.4, 0.5) is 0 Å². The van der Waals surface area contributed by atoms with Crippen LogP contribution in [0.3, 0.4) is 0 Å². The van der Waals surface area contributed by atoms with Crippen LogP contribution in [-0.4, -0.2) is 32.5 Å². The summed E-state index contributed by atoms with van der Waals surface area (Å²) >= 11 is 0. The average molecular weight is 275 g/mol. The molecule has 0 amide bonds. The van der Waals surface area contributed by atoms with Crippen LogP contribution in [0.5, 0.6) is 0 Å². The third-order valence-electron chi connectivity index (χ3n) is 4.03. The molecule has 0 aliphatic heterocycles. The van der Waals surface area contributed by atoms with Gasteiger partial charge in [0, 0.05) is 11.8 Å². The Bertz CT molecular complexity index is 314. The second kappa shape index (κ2) is 8.16. The minimum Gasteiger partial charge on any atom is -0.314 e. The van der Waals surface area contributed by atoms with Crippen LogP contribution < -0.4 is 5.32 Å². The zero-order chi connectivity index (χ0) is 13.4. The van der Waals surface area contributed by atoms with Gasteiger partial charge in [0.1, 0.15) is 9.84 Å². The van der Waals surface area contributed by atoms with Crippen LogP contribution in [0.2, 0.25) is 0 Å². The largest absolute Gasteiger partial charge is 0.314 e. The molecular weight excluding hydrogens is 246 g/mol. The molecule has 0 radical (unpaired) electrons. The molecule has 2 unspecified atom stereocenters. The Balaban J connectivity index is 2.31. The van der Waals surface area contributed by atoms with E-state index in [1.165, 1.54) is 32.1 Å². The lowest BCUT2D eigenvalue weighted by atomic mass is 9.93. The molecule has 4 heteroatoms. The van der Waals surface area contributed by atoms with Gasteiger partial charge in [-0.25, -0.2) is 8.42 Å². The summed E-state index contributed by atoms with van der Waals surface area (Å²) in [6, 6.07) is 0.658. The van der Waals surface area contributed by atoms with Crippen LogP contribution in [-0.2, 0) is 9.84 Å². The van der Waals surface area contributed by atoms with E-state index in [0.29, 0.717) is 11.8 Å². The molecule has 1 aliphatic rings. The van der Waals surface area contributed by atoms with Gasteiger partial charge < -0.3 is 5.32 Å². The number of nitrogens with one attached hydrogen (secondary N) is 1. The van der Waals surface area contributed by atoms with Crippen molar-refractivity contribution in [3.05, 3.63) is 0 Å². The van der Waals surface area contributed by atoms with E-state index in [9.17, 15) is 8.42 Å². The second-order valence-electron chi connectivity index (χ2n) is 5.52. The molecule has 108 valence electrons. The highest BCUT2D eigenvalue weighted by molar-refractivity contribution is 7.91. The summed E-state index contributed by atoms with van der Waals surface area (Å²) < 4.78 is 22.9. The molecule has 2 atom stereocenters. The topological polar surface area (TPSA) is 46.2 Å². The number of hydrogen-bond donors (Lipinski definition) is 1. The Morgan fingerprint density at radius 3 is 2.56 bits per heavy atom. The quantitative estimate of drug-likeness (QED) is 0.727. The van der Waals surface area contributed by atoms with Crippen molar-refractivity contribution in [2.24, 2.45) is 5.92 Å². The molecule has 0 spiro atoms. The van der Waals surface area contributed by atoms with Crippen molar-refractivity contribution in [1.29, 1.82) is 0 Å². The summed E-state index contributed by atoms with van der Waals surface area (Å²) in [6.45, 7) is 4.94. The van der Waals surface area contributed by atoms with E-state index in [0.717, 1.165) is 25.3 Å². The zero-order valence-corrected chi connectivity index (χ0v) is 12.8. The maximum absolute atomic E-state index is 11.5. The minimum atomic E-state index is -2.77. The Labute approximate surface area is 113 Å². The fourth-order valence-corrected chi connectivity index (χ4v) is 3.83. The monoisotopic (exact) mass is 275 g/mol. The summed E-state index contributed by atoms with van der Waals surface area (Å²) in [4.78, 5) is 0. The number of hydrogen-bond acceptors (Lipinski definition) is 3. The normalized spacial score (nSPS) is 25.9. The molecule has 0 saturated heterocycles. The first-order chi connectivity index (χ1) is 8.57. The SMILES string of the molecule is CCNC1CCCCC(CCCS(=O)(=O)CC)C1. The van der Waals surface area contributed by atoms with Crippen molar-refractivity contribution in [2.75, 3.05) is 18.1 Å². The molecule has 0 aromatic rings. The third-order valence-corrected chi connectivity index (χ3v) is 5.82. The molecule has 1 fully saturated rings. The van der Waals surface area contributed by atoms with Gasteiger partial charge in [0.2, 0.25) is 0 Å². The number of sulfone groups is 1. The second-order valence-corrected chi connectivity index (χ2v) is 7.99. The van der Waals surface area contributed by atoms with Gasteiger partial charge in [0.25, 0.3) is 0 Å². The van der Waals surface area contributed by atoms with Gasteiger partial charge in [-0.3, -0.25) is 0 Å². The third kappa shape index (κ3) is 6.19. The molecule has 1 N–H and O–H groups in total. The van der Waals surface area contributed by atoms with E-state index in [1.54, 1.807) is 6.92 Å². The molecule has 0 heterocycles. The molecule has 0 aromatic carbocycles. The summed E-state index contributed by atoms with van der Waals surface area (Å²) in [5.74, 6) is 1.40. The molecule has 3 nitrogen and oxygen atoms in total. The Hall–Kier alpha value is -0.0900. The van der Waals surface area contributed by atoms with Gasteiger partial charge in [-0.1, -0.05) is 33.1 Å². The van der Waals surface area contributed by atoms with Crippen molar-refractivity contribution >= 4 is 9.84 Å². The van der Waals surface area contributed by atoms with Gasteiger partial charge in [-0.05, 0) is 38.1 Å². The van der Waals surface area contributed by atoms with E-state index in [4.69, 9.17) is 0 Å². The Morgan fingerprint density at radius 1 is 1.17 bits per heavy atom. The lowest BCUT2D eigenvalue weighted by Gasteiger charge is -2.20. The molecule has 0 bridgehead atoms. The van der Waals surface area contributed by atoms with Crippen LogP contribution in [0, 0.1) is 5.92 Å².